The zero-order valence-corrected chi connectivity index (χ0v) is 17.4. The number of allylic oxidation sites excluding steroid dienone is 1. The standard InChI is InChI=1S/C23H23BrO4/c1-15-6-8-16(9-7-15)13-26-17-10-11-18-21(12-17)27-14-22(23(18)25)28-20-5-3-2-4-19(20)24/h2-9,14,17-18,21H,10-13H2,1H3. The Hall–Kier alpha value is -2.11. The van der Waals surface area contributed by atoms with Crippen LogP contribution in [-0.4, -0.2) is 18.0 Å². The number of halogens is 1. The lowest BCUT2D eigenvalue weighted by molar-refractivity contribution is -0.134. The van der Waals surface area contributed by atoms with Gasteiger partial charge in [-0.15, -0.1) is 0 Å². The second kappa shape index (κ2) is 8.50. The van der Waals surface area contributed by atoms with Crippen LogP contribution in [0.2, 0.25) is 0 Å². The Morgan fingerprint density at radius 2 is 1.89 bits per heavy atom. The number of aryl methyl sites for hydroxylation is 1. The summed E-state index contributed by atoms with van der Waals surface area (Å²) in [7, 11) is 0. The molecule has 28 heavy (non-hydrogen) atoms. The zero-order chi connectivity index (χ0) is 19.5. The van der Waals surface area contributed by atoms with Gasteiger partial charge in [-0.1, -0.05) is 42.0 Å². The van der Waals surface area contributed by atoms with Gasteiger partial charge in [0.1, 0.15) is 18.1 Å². The third-order valence-corrected chi connectivity index (χ3v) is 5.99. The van der Waals surface area contributed by atoms with Crippen LogP contribution in [0.4, 0.5) is 0 Å². The van der Waals surface area contributed by atoms with E-state index in [9.17, 15) is 4.79 Å². The lowest BCUT2D eigenvalue weighted by atomic mass is 9.80. The van der Waals surface area contributed by atoms with E-state index in [4.69, 9.17) is 14.2 Å². The third-order valence-electron chi connectivity index (χ3n) is 5.34. The molecule has 1 aliphatic carbocycles. The number of rotatable bonds is 5. The fourth-order valence-corrected chi connectivity index (χ4v) is 4.07. The number of ketones is 1. The van der Waals surface area contributed by atoms with Gasteiger partial charge in [0, 0.05) is 6.42 Å². The lowest BCUT2D eigenvalue weighted by Gasteiger charge is -2.37. The minimum absolute atomic E-state index is 0.0176. The van der Waals surface area contributed by atoms with Crippen molar-refractivity contribution >= 4 is 21.7 Å². The molecule has 0 amide bonds. The Balaban J connectivity index is 1.35. The quantitative estimate of drug-likeness (QED) is 0.627. The number of para-hydroxylation sites is 1. The molecule has 0 aromatic heterocycles. The molecule has 0 radical (unpaired) electrons. The van der Waals surface area contributed by atoms with Crippen molar-refractivity contribution in [2.45, 2.75) is 45.0 Å². The number of fused-ring (bicyclic) bond motifs is 1. The first-order valence-corrected chi connectivity index (χ1v) is 10.4. The minimum Gasteiger partial charge on any atom is -0.493 e. The number of benzene rings is 2. The van der Waals surface area contributed by atoms with Crippen LogP contribution < -0.4 is 4.74 Å². The maximum Gasteiger partial charge on any atom is 0.208 e. The van der Waals surface area contributed by atoms with Crippen LogP contribution in [0.3, 0.4) is 0 Å². The molecule has 4 rings (SSSR count). The van der Waals surface area contributed by atoms with Gasteiger partial charge < -0.3 is 14.2 Å². The van der Waals surface area contributed by atoms with Crippen molar-refractivity contribution < 1.29 is 19.0 Å². The molecule has 2 aromatic rings. The van der Waals surface area contributed by atoms with Gasteiger partial charge in [0.15, 0.2) is 0 Å². The zero-order valence-electron chi connectivity index (χ0n) is 15.8. The summed E-state index contributed by atoms with van der Waals surface area (Å²) in [5.74, 6) is 0.733. The van der Waals surface area contributed by atoms with Gasteiger partial charge in [-0.3, -0.25) is 4.79 Å². The molecule has 2 aromatic carbocycles. The number of hydrogen-bond donors (Lipinski definition) is 0. The van der Waals surface area contributed by atoms with Crippen molar-refractivity contribution in [1.82, 2.24) is 0 Å². The number of carbonyl (C=O) groups is 1. The Morgan fingerprint density at radius 3 is 2.68 bits per heavy atom. The molecular formula is C23H23BrO4. The van der Waals surface area contributed by atoms with Crippen LogP contribution in [0.1, 0.15) is 30.4 Å². The Kier molecular flexibility index (Phi) is 5.83. The normalized spacial score (nSPS) is 24.1. The highest BCUT2D eigenvalue weighted by Gasteiger charge is 2.41. The van der Waals surface area contributed by atoms with E-state index in [0.717, 1.165) is 29.3 Å². The topological polar surface area (TPSA) is 44.8 Å². The average molecular weight is 443 g/mol. The van der Waals surface area contributed by atoms with Crippen LogP contribution in [0.5, 0.6) is 5.75 Å². The summed E-state index contributed by atoms with van der Waals surface area (Å²) in [5.41, 5.74) is 2.41. The molecule has 0 bridgehead atoms. The van der Waals surface area contributed by atoms with Crippen LogP contribution in [0, 0.1) is 12.8 Å². The van der Waals surface area contributed by atoms with Crippen LogP contribution >= 0.6 is 15.9 Å². The summed E-state index contributed by atoms with van der Waals surface area (Å²) in [4.78, 5) is 12.9. The van der Waals surface area contributed by atoms with E-state index >= 15 is 0 Å². The molecule has 1 saturated carbocycles. The predicted molar refractivity (Wildman–Crippen MR) is 110 cm³/mol. The Bertz CT molecular complexity index is 874. The van der Waals surface area contributed by atoms with E-state index < -0.39 is 0 Å². The monoisotopic (exact) mass is 442 g/mol. The molecule has 5 heteroatoms. The van der Waals surface area contributed by atoms with Crippen molar-refractivity contribution in [2.24, 2.45) is 5.92 Å². The largest absolute Gasteiger partial charge is 0.493 e. The fourth-order valence-electron chi connectivity index (χ4n) is 3.70. The Labute approximate surface area is 173 Å². The average Bonchev–Trinajstić information content (AvgIpc) is 2.71. The first-order valence-electron chi connectivity index (χ1n) is 9.59. The molecule has 3 atom stereocenters. The van der Waals surface area contributed by atoms with Gasteiger partial charge in [0.25, 0.3) is 0 Å². The SMILES string of the molecule is Cc1ccc(COC2CCC3C(=O)C(Oc4ccccc4Br)=COC3C2)cc1. The van der Waals surface area contributed by atoms with E-state index in [2.05, 4.69) is 47.1 Å². The molecule has 146 valence electrons. The van der Waals surface area contributed by atoms with E-state index in [0.29, 0.717) is 12.4 Å². The summed E-state index contributed by atoms with van der Waals surface area (Å²) in [5, 5.41) is 0. The van der Waals surface area contributed by atoms with E-state index in [-0.39, 0.29) is 29.7 Å². The summed E-state index contributed by atoms with van der Waals surface area (Å²) >= 11 is 3.44. The van der Waals surface area contributed by atoms with Crippen molar-refractivity contribution in [3.05, 3.63) is 76.2 Å². The molecule has 2 aliphatic rings. The molecule has 1 heterocycles. The number of hydrogen-bond acceptors (Lipinski definition) is 4. The highest BCUT2D eigenvalue weighted by molar-refractivity contribution is 9.10. The number of carbonyl (C=O) groups excluding carboxylic acids is 1. The Morgan fingerprint density at radius 1 is 1.11 bits per heavy atom. The molecule has 1 aliphatic heterocycles. The molecule has 0 saturated heterocycles. The lowest BCUT2D eigenvalue weighted by Crippen LogP contribution is -2.42. The molecular weight excluding hydrogens is 420 g/mol. The summed E-state index contributed by atoms with van der Waals surface area (Å²) in [6.45, 7) is 2.66. The third kappa shape index (κ3) is 4.31. The first-order chi connectivity index (χ1) is 13.6. The predicted octanol–water partition coefficient (Wildman–Crippen LogP) is 5.33. The minimum atomic E-state index is -0.165. The van der Waals surface area contributed by atoms with E-state index in [1.165, 1.54) is 11.8 Å². The summed E-state index contributed by atoms with van der Waals surface area (Å²) < 4.78 is 18.6. The van der Waals surface area contributed by atoms with Crippen molar-refractivity contribution in [3.8, 4) is 5.75 Å². The first kappa shape index (κ1) is 19.2. The maximum atomic E-state index is 12.9. The summed E-state index contributed by atoms with van der Waals surface area (Å²) in [6.07, 6.45) is 3.75. The number of ether oxygens (including phenoxy) is 3. The molecule has 4 nitrogen and oxygen atoms in total. The van der Waals surface area contributed by atoms with Gasteiger partial charge >= 0.3 is 0 Å². The molecule has 3 unspecified atom stereocenters. The van der Waals surface area contributed by atoms with Gasteiger partial charge in [-0.05, 0) is 53.4 Å². The second-order valence-electron chi connectivity index (χ2n) is 7.39. The highest BCUT2D eigenvalue weighted by Crippen LogP contribution is 2.36. The highest BCUT2D eigenvalue weighted by atomic mass is 79.9. The number of Topliss-reactive ketones (excluding diaryl/α,β-unsaturated/α-hetero) is 1. The van der Waals surface area contributed by atoms with Gasteiger partial charge in [0.2, 0.25) is 11.5 Å². The fraction of sp³-hybridized carbons (Fsp3) is 0.348. The van der Waals surface area contributed by atoms with Crippen molar-refractivity contribution in [1.29, 1.82) is 0 Å². The van der Waals surface area contributed by atoms with Crippen LogP contribution in [0.15, 0.2) is 65.0 Å². The van der Waals surface area contributed by atoms with E-state index in [1.807, 2.05) is 24.3 Å². The smallest absolute Gasteiger partial charge is 0.208 e. The summed E-state index contributed by atoms with van der Waals surface area (Å²) in [6, 6.07) is 15.8. The van der Waals surface area contributed by atoms with Gasteiger partial charge in [-0.25, -0.2) is 0 Å². The van der Waals surface area contributed by atoms with E-state index in [1.54, 1.807) is 0 Å². The second-order valence-corrected chi connectivity index (χ2v) is 8.25. The molecule has 0 spiro atoms. The molecule has 0 N–H and O–H groups in total. The van der Waals surface area contributed by atoms with Gasteiger partial charge in [0.05, 0.1) is 23.1 Å². The van der Waals surface area contributed by atoms with Crippen LogP contribution in [-0.2, 0) is 20.9 Å². The maximum absolute atomic E-state index is 12.9. The van der Waals surface area contributed by atoms with Crippen molar-refractivity contribution in [3.63, 3.8) is 0 Å². The van der Waals surface area contributed by atoms with Gasteiger partial charge in [-0.2, -0.15) is 0 Å². The van der Waals surface area contributed by atoms with Crippen molar-refractivity contribution in [2.75, 3.05) is 0 Å². The van der Waals surface area contributed by atoms with Crippen LogP contribution in [0.25, 0.3) is 0 Å². The molecule has 1 fully saturated rings.